The summed E-state index contributed by atoms with van der Waals surface area (Å²) in [4.78, 5) is 0. The first-order valence-electron chi connectivity index (χ1n) is 6.63. The molecule has 17 heavy (non-hydrogen) atoms. The van der Waals surface area contributed by atoms with Gasteiger partial charge in [0.15, 0.2) is 0 Å². The fourth-order valence-corrected chi connectivity index (χ4v) is 2.74. The van der Waals surface area contributed by atoms with Crippen molar-refractivity contribution in [2.24, 2.45) is 11.8 Å². The molecule has 0 heterocycles. The highest BCUT2D eigenvalue weighted by Gasteiger charge is 2.25. The SMILES string of the molecule is Cc1cc(C)c(CC(CC2CC2)NN)c(C)c1. The van der Waals surface area contributed by atoms with Gasteiger partial charge in [-0.3, -0.25) is 11.3 Å². The van der Waals surface area contributed by atoms with E-state index in [2.05, 4.69) is 38.3 Å². The van der Waals surface area contributed by atoms with Crippen LogP contribution < -0.4 is 11.3 Å². The zero-order valence-electron chi connectivity index (χ0n) is 11.2. The van der Waals surface area contributed by atoms with Crippen LogP contribution in [0.2, 0.25) is 0 Å². The molecule has 1 aliphatic carbocycles. The maximum absolute atomic E-state index is 5.68. The Morgan fingerprint density at radius 2 is 1.82 bits per heavy atom. The van der Waals surface area contributed by atoms with Crippen molar-refractivity contribution in [1.29, 1.82) is 0 Å². The number of hydrogen-bond acceptors (Lipinski definition) is 2. The molecule has 1 aromatic carbocycles. The quantitative estimate of drug-likeness (QED) is 0.605. The summed E-state index contributed by atoms with van der Waals surface area (Å²) in [5.41, 5.74) is 8.62. The molecule has 0 aliphatic heterocycles. The highest BCUT2D eigenvalue weighted by atomic mass is 15.2. The van der Waals surface area contributed by atoms with Gasteiger partial charge >= 0.3 is 0 Å². The Hall–Kier alpha value is -0.860. The van der Waals surface area contributed by atoms with Gasteiger partial charge in [-0.2, -0.15) is 0 Å². The van der Waals surface area contributed by atoms with Crippen LogP contribution >= 0.6 is 0 Å². The van der Waals surface area contributed by atoms with E-state index < -0.39 is 0 Å². The summed E-state index contributed by atoms with van der Waals surface area (Å²) >= 11 is 0. The molecule has 1 unspecified atom stereocenters. The van der Waals surface area contributed by atoms with Gasteiger partial charge in [-0.15, -0.1) is 0 Å². The molecule has 0 radical (unpaired) electrons. The van der Waals surface area contributed by atoms with Gasteiger partial charge in [0.2, 0.25) is 0 Å². The minimum absolute atomic E-state index is 0.433. The zero-order chi connectivity index (χ0) is 12.4. The Balaban J connectivity index is 2.10. The second-order valence-corrected chi connectivity index (χ2v) is 5.62. The van der Waals surface area contributed by atoms with Gasteiger partial charge in [0, 0.05) is 6.04 Å². The van der Waals surface area contributed by atoms with E-state index in [9.17, 15) is 0 Å². The largest absolute Gasteiger partial charge is 0.271 e. The van der Waals surface area contributed by atoms with Crippen LogP contribution in [0.15, 0.2) is 12.1 Å². The lowest BCUT2D eigenvalue weighted by Gasteiger charge is -2.19. The standard InChI is InChI=1S/C15H24N2/c1-10-6-11(2)15(12(3)7-10)9-14(17-16)8-13-4-5-13/h6-7,13-14,17H,4-5,8-9,16H2,1-3H3. The number of rotatable bonds is 5. The fourth-order valence-electron chi connectivity index (χ4n) is 2.74. The number of aryl methyl sites for hydroxylation is 3. The van der Waals surface area contributed by atoms with Gasteiger partial charge in [-0.25, -0.2) is 0 Å². The molecule has 0 bridgehead atoms. The summed E-state index contributed by atoms with van der Waals surface area (Å²) in [5, 5.41) is 0. The Kier molecular flexibility index (Phi) is 3.85. The molecule has 1 atom stereocenters. The van der Waals surface area contributed by atoms with Crippen LogP contribution in [0.5, 0.6) is 0 Å². The molecule has 0 aromatic heterocycles. The average Bonchev–Trinajstić information content (AvgIpc) is 3.05. The molecule has 0 spiro atoms. The molecule has 0 amide bonds. The van der Waals surface area contributed by atoms with E-state index in [-0.39, 0.29) is 0 Å². The summed E-state index contributed by atoms with van der Waals surface area (Å²) in [5.74, 6) is 6.60. The summed E-state index contributed by atoms with van der Waals surface area (Å²) < 4.78 is 0. The smallest absolute Gasteiger partial charge is 0.0253 e. The van der Waals surface area contributed by atoms with Gasteiger partial charge < -0.3 is 0 Å². The van der Waals surface area contributed by atoms with Crippen molar-refractivity contribution in [3.05, 3.63) is 34.4 Å². The molecule has 1 fully saturated rings. The molecule has 0 saturated heterocycles. The summed E-state index contributed by atoms with van der Waals surface area (Å²) in [6, 6.07) is 4.97. The maximum Gasteiger partial charge on any atom is 0.0253 e. The first-order valence-corrected chi connectivity index (χ1v) is 6.63. The zero-order valence-corrected chi connectivity index (χ0v) is 11.2. The molecule has 2 rings (SSSR count). The molecule has 1 aliphatic rings. The maximum atomic E-state index is 5.68. The van der Waals surface area contributed by atoms with E-state index in [1.54, 1.807) is 0 Å². The van der Waals surface area contributed by atoms with Crippen molar-refractivity contribution in [2.45, 2.75) is 52.5 Å². The van der Waals surface area contributed by atoms with Crippen molar-refractivity contribution in [2.75, 3.05) is 0 Å². The monoisotopic (exact) mass is 232 g/mol. The van der Waals surface area contributed by atoms with Gasteiger partial charge in [0.25, 0.3) is 0 Å². The predicted molar refractivity (Wildman–Crippen MR) is 72.8 cm³/mol. The molecule has 1 aromatic rings. The Labute approximate surface area is 105 Å². The van der Waals surface area contributed by atoms with Crippen LogP contribution in [0.1, 0.15) is 41.5 Å². The lowest BCUT2D eigenvalue weighted by Crippen LogP contribution is -2.37. The van der Waals surface area contributed by atoms with E-state index in [1.165, 1.54) is 41.5 Å². The topological polar surface area (TPSA) is 38.0 Å². The van der Waals surface area contributed by atoms with Gasteiger partial charge in [0.1, 0.15) is 0 Å². The minimum atomic E-state index is 0.433. The molecule has 2 nitrogen and oxygen atoms in total. The second-order valence-electron chi connectivity index (χ2n) is 5.62. The lowest BCUT2D eigenvalue weighted by atomic mass is 9.93. The Bertz CT molecular complexity index is 371. The summed E-state index contributed by atoms with van der Waals surface area (Å²) in [6.45, 7) is 6.58. The van der Waals surface area contributed by atoms with Crippen LogP contribution in [0.4, 0.5) is 0 Å². The predicted octanol–water partition coefficient (Wildman–Crippen LogP) is 2.79. The Morgan fingerprint density at radius 3 is 2.29 bits per heavy atom. The minimum Gasteiger partial charge on any atom is -0.271 e. The van der Waals surface area contributed by atoms with E-state index in [0.29, 0.717) is 6.04 Å². The van der Waals surface area contributed by atoms with Gasteiger partial charge in [-0.1, -0.05) is 30.5 Å². The normalized spacial score (nSPS) is 17.2. The van der Waals surface area contributed by atoms with Crippen LogP contribution in [0.3, 0.4) is 0 Å². The first-order chi connectivity index (χ1) is 8.10. The third kappa shape index (κ3) is 3.30. The molecule has 1 saturated carbocycles. The molecular weight excluding hydrogens is 208 g/mol. The summed E-state index contributed by atoms with van der Waals surface area (Å²) in [7, 11) is 0. The van der Waals surface area contributed by atoms with Crippen molar-refractivity contribution in [3.63, 3.8) is 0 Å². The van der Waals surface area contributed by atoms with E-state index >= 15 is 0 Å². The highest BCUT2D eigenvalue weighted by molar-refractivity contribution is 5.38. The number of hydrazine groups is 1. The number of hydrogen-bond donors (Lipinski definition) is 2. The van der Waals surface area contributed by atoms with Crippen molar-refractivity contribution < 1.29 is 0 Å². The lowest BCUT2D eigenvalue weighted by molar-refractivity contribution is 0.464. The van der Waals surface area contributed by atoms with E-state index in [0.717, 1.165) is 12.3 Å². The van der Waals surface area contributed by atoms with Gasteiger partial charge in [0.05, 0.1) is 0 Å². The molecule has 2 heteroatoms. The van der Waals surface area contributed by atoms with Crippen LogP contribution in [0.25, 0.3) is 0 Å². The summed E-state index contributed by atoms with van der Waals surface area (Å²) in [6.07, 6.45) is 5.07. The van der Waals surface area contributed by atoms with Crippen molar-refractivity contribution in [1.82, 2.24) is 5.43 Å². The third-order valence-electron chi connectivity index (χ3n) is 3.84. The van der Waals surface area contributed by atoms with Crippen LogP contribution in [-0.4, -0.2) is 6.04 Å². The Morgan fingerprint density at radius 1 is 1.24 bits per heavy atom. The molecule has 94 valence electrons. The second kappa shape index (κ2) is 5.19. The third-order valence-corrected chi connectivity index (χ3v) is 3.84. The van der Waals surface area contributed by atoms with Crippen molar-refractivity contribution in [3.8, 4) is 0 Å². The first kappa shape index (κ1) is 12.6. The van der Waals surface area contributed by atoms with Crippen LogP contribution in [-0.2, 0) is 6.42 Å². The number of benzene rings is 1. The molecule has 3 N–H and O–H groups in total. The number of nitrogens with two attached hydrogens (primary N) is 1. The fraction of sp³-hybridized carbons (Fsp3) is 0.600. The van der Waals surface area contributed by atoms with Crippen molar-refractivity contribution >= 4 is 0 Å². The highest BCUT2D eigenvalue weighted by Crippen LogP contribution is 2.34. The van der Waals surface area contributed by atoms with Crippen LogP contribution in [0, 0.1) is 26.7 Å². The average molecular weight is 232 g/mol. The number of nitrogens with one attached hydrogen (secondary N) is 1. The van der Waals surface area contributed by atoms with Gasteiger partial charge in [-0.05, 0) is 56.2 Å². The van der Waals surface area contributed by atoms with E-state index in [1.807, 2.05) is 0 Å². The van der Waals surface area contributed by atoms with E-state index in [4.69, 9.17) is 5.84 Å². The molecular formula is C15H24N2.